The molecule has 4 rings (SSSR count). The van der Waals surface area contributed by atoms with Gasteiger partial charge in [0, 0.05) is 11.6 Å². The highest BCUT2D eigenvalue weighted by molar-refractivity contribution is 7.93. The Labute approximate surface area is 183 Å². The van der Waals surface area contributed by atoms with Crippen LogP contribution in [-0.4, -0.2) is 48.3 Å². The van der Waals surface area contributed by atoms with Gasteiger partial charge in [0.15, 0.2) is 5.13 Å². The predicted octanol–water partition coefficient (Wildman–Crippen LogP) is 1.62. The summed E-state index contributed by atoms with van der Waals surface area (Å²) in [5, 5.41) is 5.03. The van der Waals surface area contributed by atoms with Crippen molar-refractivity contribution in [2.75, 3.05) is 10.8 Å². The molecule has 0 atom stereocenters. The zero-order valence-electron chi connectivity index (χ0n) is 16.5. The first kappa shape index (κ1) is 21.2. The van der Waals surface area contributed by atoms with Crippen LogP contribution in [0.2, 0.25) is 0 Å². The van der Waals surface area contributed by atoms with E-state index in [0.29, 0.717) is 17.9 Å². The monoisotopic (exact) mass is 463 g/mol. The second kappa shape index (κ2) is 8.27. The number of hydrogen-bond acceptors (Lipinski definition) is 7. The van der Waals surface area contributed by atoms with E-state index in [9.17, 15) is 22.8 Å². The number of anilines is 1. The number of sulfonamides is 1. The molecular weight excluding hydrogens is 442 g/mol. The second-order valence-corrected chi connectivity index (χ2v) is 10.1. The van der Waals surface area contributed by atoms with E-state index in [4.69, 9.17) is 0 Å². The summed E-state index contributed by atoms with van der Waals surface area (Å²) in [6.45, 7) is -0.644. The molecule has 0 radical (unpaired) electrons. The molecule has 0 bridgehead atoms. The van der Waals surface area contributed by atoms with E-state index < -0.39 is 40.0 Å². The van der Waals surface area contributed by atoms with Crippen LogP contribution < -0.4 is 15.0 Å². The Morgan fingerprint density at radius 1 is 1.19 bits per heavy atom. The Morgan fingerprint density at radius 3 is 2.55 bits per heavy atom. The third kappa shape index (κ3) is 4.00. The molecule has 4 amide bonds. The summed E-state index contributed by atoms with van der Waals surface area (Å²) in [6, 6.07) is 6.94. The molecule has 12 heteroatoms. The Kier molecular flexibility index (Phi) is 5.67. The predicted molar refractivity (Wildman–Crippen MR) is 112 cm³/mol. The molecule has 164 valence electrons. The number of carbonyl (C=O) groups is 3. The minimum atomic E-state index is -4.09. The molecule has 1 saturated heterocycles. The van der Waals surface area contributed by atoms with Crippen LogP contribution in [0.5, 0.6) is 0 Å². The molecular formula is C19H21N5O5S2. The van der Waals surface area contributed by atoms with Gasteiger partial charge >= 0.3 is 6.03 Å². The SMILES string of the molecule is O=C(CN(c1nccs1)S(=O)(=O)c1ccccc1)NN1C(=O)NC2(CCCCC2)C1=O. The van der Waals surface area contributed by atoms with Gasteiger partial charge in [-0.1, -0.05) is 37.5 Å². The molecule has 1 aliphatic heterocycles. The lowest BCUT2D eigenvalue weighted by Gasteiger charge is -2.30. The van der Waals surface area contributed by atoms with Crippen LogP contribution in [0.15, 0.2) is 46.8 Å². The first-order valence-corrected chi connectivity index (χ1v) is 12.1. The van der Waals surface area contributed by atoms with E-state index in [1.165, 1.54) is 18.3 Å². The van der Waals surface area contributed by atoms with Crippen molar-refractivity contribution in [2.24, 2.45) is 0 Å². The van der Waals surface area contributed by atoms with E-state index in [1.807, 2.05) is 0 Å². The highest BCUT2D eigenvalue weighted by atomic mass is 32.2. The summed E-state index contributed by atoms with van der Waals surface area (Å²) >= 11 is 1.05. The number of aromatic nitrogens is 1. The Bertz CT molecular complexity index is 1080. The van der Waals surface area contributed by atoms with Gasteiger partial charge < -0.3 is 5.32 Å². The number of hydrazine groups is 1. The van der Waals surface area contributed by atoms with E-state index in [1.54, 1.807) is 23.6 Å². The van der Waals surface area contributed by atoms with Crippen molar-refractivity contribution < 1.29 is 22.8 Å². The third-order valence-corrected chi connectivity index (χ3v) is 8.02. The Morgan fingerprint density at radius 2 is 1.90 bits per heavy atom. The zero-order chi connectivity index (χ0) is 22.1. The van der Waals surface area contributed by atoms with Gasteiger partial charge in [-0.3, -0.25) is 15.0 Å². The van der Waals surface area contributed by atoms with Crippen molar-refractivity contribution in [3.05, 3.63) is 41.9 Å². The lowest BCUT2D eigenvalue weighted by Crippen LogP contribution is -2.53. The third-order valence-electron chi connectivity index (χ3n) is 5.36. The molecule has 0 unspecified atom stereocenters. The minimum absolute atomic E-state index is 0.00542. The number of urea groups is 1. The smallest absolute Gasteiger partial charge is 0.322 e. The van der Waals surface area contributed by atoms with Crippen molar-refractivity contribution in [1.82, 2.24) is 20.7 Å². The van der Waals surface area contributed by atoms with E-state index in [2.05, 4.69) is 15.7 Å². The fraction of sp³-hybridized carbons (Fsp3) is 0.368. The van der Waals surface area contributed by atoms with Crippen molar-refractivity contribution in [1.29, 1.82) is 0 Å². The first-order chi connectivity index (χ1) is 14.8. The van der Waals surface area contributed by atoms with Gasteiger partial charge in [-0.25, -0.2) is 22.5 Å². The number of nitrogens with one attached hydrogen (secondary N) is 2. The molecule has 1 spiro atoms. The minimum Gasteiger partial charge on any atom is -0.322 e. The van der Waals surface area contributed by atoms with Crippen molar-refractivity contribution in [3.63, 3.8) is 0 Å². The highest BCUT2D eigenvalue weighted by Crippen LogP contribution is 2.33. The van der Waals surface area contributed by atoms with E-state index >= 15 is 0 Å². The summed E-state index contributed by atoms with van der Waals surface area (Å²) in [5.41, 5.74) is 1.28. The van der Waals surface area contributed by atoms with Gasteiger partial charge in [0.25, 0.3) is 21.8 Å². The molecule has 2 N–H and O–H groups in total. The van der Waals surface area contributed by atoms with Crippen LogP contribution in [0.4, 0.5) is 9.93 Å². The molecule has 31 heavy (non-hydrogen) atoms. The average molecular weight is 464 g/mol. The topological polar surface area (TPSA) is 129 Å². The molecule has 10 nitrogen and oxygen atoms in total. The Hall–Kier alpha value is -2.99. The van der Waals surface area contributed by atoms with Crippen molar-refractivity contribution >= 4 is 44.3 Å². The van der Waals surface area contributed by atoms with Crippen LogP contribution in [-0.2, 0) is 19.6 Å². The normalized spacial score (nSPS) is 18.1. The van der Waals surface area contributed by atoms with Gasteiger partial charge in [-0.2, -0.15) is 5.01 Å². The van der Waals surface area contributed by atoms with Crippen LogP contribution >= 0.6 is 11.3 Å². The zero-order valence-corrected chi connectivity index (χ0v) is 18.1. The number of nitrogens with zero attached hydrogens (tertiary/aromatic N) is 3. The van der Waals surface area contributed by atoms with E-state index in [-0.39, 0.29) is 10.0 Å². The van der Waals surface area contributed by atoms with Gasteiger partial charge in [0.05, 0.1) is 4.90 Å². The van der Waals surface area contributed by atoms with Crippen molar-refractivity contribution in [3.8, 4) is 0 Å². The lowest BCUT2D eigenvalue weighted by atomic mass is 9.82. The maximum atomic E-state index is 13.1. The summed E-state index contributed by atoms with van der Waals surface area (Å²) in [4.78, 5) is 42.0. The van der Waals surface area contributed by atoms with Crippen LogP contribution in [0.1, 0.15) is 32.1 Å². The number of rotatable bonds is 6. The molecule has 1 aromatic carbocycles. The van der Waals surface area contributed by atoms with Gasteiger partial charge in [-0.05, 0) is 25.0 Å². The summed E-state index contributed by atoms with van der Waals surface area (Å²) in [5.74, 6) is -1.34. The van der Waals surface area contributed by atoms with Crippen LogP contribution in [0, 0.1) is 0 Å². The first-order valence-electron chi connectivity index (χ1n) is 9.77. The fourth-order valence-electron chi connectivity index (χ4n) is 3.82. The molecule has 2 aliphatic rings. The summed E-state index contributed by atoms with van der Waals surface area (Å²) in [6.07, 6.45) is 5.05. The number of amides is 4. The molecule has 1 aromatic heterocycles. The highest BCUT2D eigenvalue weighted by Gasteiger charge is 2.52. The summed E-state index contributed by atoms with van der Waals surface area (Å²) in [7, 11) is -4.09. The number of imide groups is 1. The maximum absolute atomic E-state index is 13.1. The number of carbonyl (C=O) groups excluding carboxylic acids is 3. The van der Waals surface area contributed by atoms with Crippen LogP contribution in [0.3, 0.4) is 0 Å². The molecule has 1 saturated carbocycles. The Balaban J connectivity index is 1.54. The lowest BCUT2D eigenvalue weighted by molar-refractivity contribution is -0.139. The molecule has 2 fully saturated rings. The summed E-state index contributed by atoms with van der Waals surface area (Å²) < 4.78 is 27.1. The quantitative estimate of drug-likeness (QED) is 0.627. The largest absolute Gasteiger partial charge is 0.344 e. The number of hydrogen-bond donors (Lipinski definition) is 2. The standard InChI is InChI=1S/C19H21N5O5S2/c25-15(22-24-16(26)19(21-17(24)27)9-5-2-6-10-19)13-23(18-20-11-12-30-18)31(28,29)14-7-3-1-4-8-14/h1,3-4,7-8,11-12H,2,5-6,9-10,13H2,(H,21,27)(H,22,25). The van der Waals surface area contributed by atoms with E-state index in [0.717, 1.165) is 34.9 Å². The number of thiazole rings is 1. The van der Waals surface area contributed by atoms with Gasteiger partial charge in [0.1, 0.15) is 12.1 Å². The second-order valence-electron chi connectivity index (χ2n) is 7.39. The molecule has 2 heterocycles. The molecule has 2 aromatic rings. The number of benzene rings is 1. The fourth-order valence-corrected chi connectivity index (χ4v) is 6.09. The average Bonchev–Trinajstić information content (AvgIpc) is 3.37. The van der Waals surface area contributed by atoms with Crippen molar-refractivity contribution in [2.45, 2.75) is 42.5 Å². The molecule has 1 aliphatic carbocycles. The van der Waals surface area contributed by atoms with Gasteiger partial charge in [-0.15, -0.1) is 11.3 Å². The maximum Gasteiger partial charge on any atom is 0.344 e. The van der Waals surface area contributed by atoms with Gasteiger partial charge in [0.2, 0.25) is 0 Å². The van der Waals surface area contributed by atoms with Crippen LogP contribution in [0.25, 0.3) is 0 Å².